The van der Waals surface area contributed by atoms with Crippen LogP contribution in [0.1, 0.15) is 20.8 Å². The number of urea groups is 1. The maximum Gasteiger partial charge on any atom is 0.410 e. The van der Waals surface area contributed by atoms with E-state index in [1.165, 1.54) is 0 Å². The van der Waals surface area contributed by atoms with Gasteiger partial charge in [0, 0.05) is 46.3 Å². The molecule has 22 heavy (non-hydrogen) atoms. The number of likely N-dealkylation sites (N-methyl/N-ethyl adjacent to an activating group) is 2. The van der Waals surface area contributed by atoms with Gasteiger partial charge in [0.2, 0.25) is 0 Å². The van der Waals surface area contributed by atoms with Crippen LogP contribution >= 0.6 is 0 Å². The van der Waals surface area contributed by atoms with E-state index >= 15 is 0 Å². The Bertz CT molecular complexity index is 385. The summed E-state index contributed by atoms with van der Waals surface area (Å²) >= 11 is 0. The lowest BCUT2D eigenvalue weighted by Gasteiger charge is -2.37. The molecule has 1 aliphatic rings. The molecule has 0 radical (unpaired) electrons. The molecule has 1 saturated heterocycles. The SMILES string of the molecule is CN(C)CCN(C)C(=O)N1CCN(C(=O)OC(C)(C)C)CC1. The van der Waals surface area contributed by atoms with Gasteiger partial charge < -0.3 is 24.3 Å². The molecule has 1 heterocycles. The monoisotopic (exact) mass is 314 g/mol. The van der Waals surface area contributed by atoms with Crippen LogP contribution in [-0.4, -0.2) is 97.7 Å². The second-order valence-corrected chi connectivity index (χ2v) is 6.96. The summed E-state index contributed by atoms with van der Waals surface area (Å²) in [6.07, 6.45) is -0.305. The number of carbonyl (C=O) groups is 2. The van der Waals surface area contributed by atoms with Crippen LogP contribution in [0.5, 0.6) is 0 Å². The first kappa shape index (κ1) is 18.5. The predicted molar refractivity (Wildman–Crippen MR) is 86.0 cm³/mol. The van der Waals surface area contributed by atoms with Gasteiger partial charge in [-0.25, -0.2) is 9.59 Å². The number of hydrogen-bond donors (Lipinski definition) is 0. The van der Waals surface area contributed by atoms with Gasteiger partial charge in [-0.05, 0) is 34.9 Å². The molecule has 0 unspecified atom stereocenters. The van der Waals surface area contributed by atoms with E-state index in [-0.39, 0.29) is 12.1 Å². The standard InChI is InChI=1S/C15H30N4O3/c1-15(2,3)22-14(21)19-11-9-18(10-12-19)13(20)17(6)8-7-16(4)5/h7-12H2,1-6H3. The minimum absolute atomic E-state index is 0.0192. The molecular weight excluding hydrogens is 284 g/mol. The molecule has 128 valence electrons. The predicted octanol–water partition coefficient (Wildman–Crippen LogP) is 1.15. The quantitative estimate of drug-likeness (QED) is 0.784. The van der Waals surface area contributed by atoms with Gasteiger partial charge in [-0.15, -0.1) is 0 Å². The van der Waals surface area contributed by atoms with Gasteiger partial charge in [0.15, 0.2) is 0 Å². The molecule has 1 fully saturated rings. The Morgan fingerprint density at radius 2 is 1.45 bits per heavy atom. The van der Waals surface area contributed by atoms with Crippen molar-refractivity contribution in [3.05, 3.63) is 0 Å². The first-order valence-corrected chi connectivity index (χ1v) is 7.73. The van der Waals surface area contributed by atoms with E-state index in [0.29, 0.717) is 32.7 Å². The summed E-state index contributed by atoms with van der Waals surface area (Å²) in [6.45, 7) is 9.20. The Kier molecular flexibility index (Phi) is 6.47. The van der Waals surface area contributed by atoms with Crippen molar-refractivity contribution in [2.24, 2.45) is 0 Å². The smallest absolute Gasteiger partial charge is 0.410 e. The third-order valence-corrected chi connectivity index (χ3v) is 3.41. The van der Waals surface area contributed by atoms with Crippen LogP contribution in [0, 0.1) is 0 Å². The molecule has 7 heteroatoms. The zero-order chi connectivity index (χ0) is 16.9. The molecule has 0 saturated carbocycles. The molecule has 7 nitrogen and oxygen atoms in total. The Balaban J connectivity index is 2.41. The summed E-state index contributed by atoms with van der Waals surface area (Å²) in [5, 5.41) is 0. The fourth-order valence-electron chi connectivity index (χ4n) is 2.09. The lowest BCUT2D eigenvalue weighted by molar-refractivity contribution is 0.0159. The Hall–Kier alpha value is -1.50. The second kappa shape index (κ2) is 7.67. The Labute approximate surface area is 133 Å². The summed E-state index contributed by atoms with van der Waals surface area (Å²) < 4.78 is 5.35. The first-order valence-electron chi connectivity index (χ1n) is 7.73. The van der Waals surface area contributed by atoms with Crippen molar-refractivity contribution < 1.29 is 14.3 Å². The Morgan fingerprint density at radius 3 is 1.91 bits per heavy atom. The van der Waals surface area contributed by atoms with Crippen molar-refractivity contribution in [1.29, 1.82) is 0 Å². The van der Waals surface area contributed by atoms with Crippen molar-refractivity contribution in [3.63, 3.8) is 0 Å². The van der Waals surface area contributed by atoms with Gasteiger partial charge in [-0.3, -0.25) is 0 Å². The topological polar surface area (TPSA) is 56.3 Å². The zero-order valence-corrected chi connectivity index (χ0v) is 14.8. The molecule has 0 aromatic rings. The summed E-state index contributed by atoms with van der Waals surface area (Å²) in [7, 11) is 5.78. The van der Waals surface area contributed by atoms with Gasteiger partial charge in [0.25, 0.3) is 0 Å². The van der Waals surface area contributed by atoms with Gasteiger partial charge in [0.1, 0.15) is 5.60 Å². The molecule has 0 spiro atoms. The molecule has 3 amide bonds. The number of carbonyl (C=O) groups excluding carboxylic acids is 2. The van der Waals surface area contributed by atoms with Crippen LogP contribution < -0.4 is 0 Å². The highest BCUT2D eigenvalue weighted by molar-refractivity contribution is 5.75. The van der Waals surface area contributed by atoms with Crippen LogP contribution in [-0.2, 0) is 4.74 Å². The van der Waals surface area contributed by atoms with Gasteiger partial charge in [0.05, 0.1) is 0 Å². The summed E-state index contributed by atoms with van der Waals surface area (Å²) in [5.74, 6) is 0. The Morgan fingerprint density at radius 1 is 0.955 bits per heavy atom. The lowest BCUT2D eigenvalue weighted by atomic mass is 10.2. The number of piperazine rings is 1. The highest BCUT2D eigenvalue weighted by Gasteiger charge is 2.28. The number of nitrogens with zero attached hydrogens (tertiary/aromatic N) is 4. The third-order valence-electron chi connectivity index (χ3n) is 3.41. The number of rotatable bonds is 3. The molecular formula is C15H30N4O3. The van der Waals surface area contributed by atoms with Crippen LogP contribution in [0.15, 0.2) is 0 Å². The highest BCUT2D eigenvalue weighted by atomic mass is 16.6. The third kappa shape index (κ3) is 6.09. The van der Waals surface area contributed by atoms with E-state index in [1.807, 2.05) is 46.8 Å². The molecule has 0 aromatic heterocycles. The summed E-state index contributed by atoms with van der Waals surface area (Å²) in [6, 6.07) is 0.0192. The van der Waals surface area contributed by atoms with Gasteiger partial charge >= 0.3 is 12.1 Å². The number of ether oxygens (including phenoxy) is 1. The van der Waals surface area contributed by atoms with E-state index < -0.39 is 5.60 Å². The minimum Gasteiger partial charge on any atom is -0.444 e. The largest absolute Gasteiger partial charge is 0.444 e. The van der Waals surface area contributed by atoms with Crippen LogP contribution in [0.3, 0.4) is 0 Å². The molecule has 0 aliphatic carbocycles. The zero-order valence-electron chi connectivity index (χ0n) is 14.8. The number of amides is 3. The molecule has 1 aliphatic heterocycles. The molecule has 0 bridgehead atoms. The van der Waals surface area contributed by atoms with Crippen LogP contribution in [0.4, 0.5) is 9.59 Å². The van der Waals surface area contributed by atoms with Gasteiger partial charge in [-0.2, -0.15) is 0 Å². The van der Waals surface area contributed by atoms with Crippen LogP contribution in [0.25, 0.3) is 0 Å². The lowest BCUT2D eigenvalue weighted by Crippen LogP contribution is -2.54. The highest BCUT2D eigenvalue weighted by Crippen LogP contribution is 2.12. The van der Waals surface area contributed by atoms with Gasteiger partial charge in [-0.1, -0.05) is 0 Å². The minimum atomic E-state index is -0.490. The molecule has 0 aromatic carbocycles. The van der Waals surface area contributed by atoms with E-state index in [1.54, 1.807) is 14.7 Å². The second-order valence-electron chi connectivity index (χ2n) is 6.96. The summed E-state index contributed by atoms with van der Waals surface area (Å²) in [5.41, 5.74) is -0.490. The van der Waals surface area contributed by atoms with Crippen molar-refractivity contribution in [1.82, 2.24) is 19.6 Å². The van der Waals surface area contributed by atoms with Crippen molar-refractivity contribution in [2.75, 3.05) is 60.4 Å². The maximum atomic E-state index is 12.3. The fourth-order valence-corrected chi connectivity index (χ4v) is 2.09. The van der Waals surface area contributed by atoms with Crippen molar-refractivity contribution in [3.8, 4) is 0 Å². The first-order chi connectivity index (χ1) is 10.1. The fraction of sp³-hybridized carbons (Fsp3) is 0.867. The van der Waals surface area contributed by atoms with Crippen molar-refractivity contribution in [2.45, 2.75) is 26.4 Å². The summed E-state index contributed by atoms with van der Waals surface area (Å²) in [4.78, 5) is 31.5. The molecule has 0 atom stereocenters. The number of hydrogen-bond acceptors (Lipinski definition) is 4. The average Bonchev–Trinajstić information content (AvgIpc) is 2.42. The van der Waals surface area contributed by atoms with E-state index in [2.05, 4.69) is 0 Å². The normalized spacial score (nSPS) is 16.0. The molecule has 0 N–H and O–H groups in total. The van der Waals surface area contributed by atoms with E-state index in [4.69, 9.17) is 4.74 Å². The molecule has 1 rings (SSSR count). The van der Waals surface area contributed by atoms with Crippen LogP contribution in [0.2, 0.25) is 0 Å². The van der Waals surface area contributed by atoms with E-state index in [0.717, 1.165) is 6.54 Å². The van der Waals surface area contributed by atoms with Crippen molar-refractivity contribution >= 4 is 12.1 Å². The maximum absolute atomic E-state index is 12.3. The van der Waals surface area contributed by atoms with E-state index in [9.17, 15) is 9.59 Å². The average molecular weight is 314 g/mol.